The minimum atomic E-state index is -3.58. The van der Waals surface area contributed by atoms with Crippen LogP contribution in [0, 0.1) is 0 Å². The molecule has 1 amide bonds. The predicted octanol–water partition coefficient (Wildman–Crippen LogP) is 1.51. The Labute approximate surface area is 158 Å². The largest absolute Gasteiger partial charge is 0.493 e. The van der Waals surface area contributed by atoms with Crippen LogP contribution in [0.1, 0.15) is 22.0 Å². The molecule has 0 spiro atoms. The minimum Gasteiger partial charge on any atom is -0.493 e. The van der Waals surface area contributed by atoms with Crippen LogP contribution in [-0.4, -0.2) is 41.3 Å². The van der Waals surface area contributed by atoms with Gasteiger partial charge in [-0.05, 0) is 17.7 Å². The first-order chi connectivity index (χ1) is 12.7. The minimum absolute atomic E-state index is 0.108. The molecule has 1 unspecified atom stereocenters. The molecule has 0 radical (unpaired) electrons. The normalized spacial score (nSPS) is 12.1. The smallest absolute Gasteiger partial charge is 0.251 e. The fraction of sp³-hybridized carbons (Fsp3) is 0.278. The number of sulfonamides is 1. The highest BCUT2D eigenvalue weighted by Crippen LogP contribution is 2.37. The molecule has 2 aromatic rings. The fourth-order valence-electron chi connectivity index (χ4n) is 2.49. The van der Waals surface area contributed by atoms with Gasteiger partial charge in [-0.15, -0.1) is 0 Å². The van der Waals surface area contributed by atoms with Crippen molar-refractivity contribution in [2.24, 2.45) is 5.73 Å². The number of anilines is 1. The first-order valence-corrected chi connectivity index (χ1v) is 9.97. The van der Waals surface area contributed by atoms with E-state index in [1.54, 1.807) is 0 Å². The summed E-state index contributed by atoms with van der Waals surface area (Å²) in [6.45, 7) is 0.214. The van der Waals surface area contributed by atoms with Crippen LogP contribution in [0.5, 0.6) is 11.5 Å². The van der Waals surface area contributed by atoms with Gasteiger partial charge in [-0.1, -0.05) is 30.3 Å². The molecule has 4 N–H and O–H groups in total. The van der Waals surface area contributed by atoms with Crippen molar-refractivity contribution >= 4 is 21.6 Å². The van der Waals surface area contributed by atoms with Gasteiger partial charge in [0.25, 0.3) is 5.91 Å². The van der Waals surface area contributed by atoms with Crippen LogP contribution in [0.2, 0.25) is 0 Å². The molecule has 2 aromatic carbocycles. The highest BCUT2D eigenvalue weighted by atomic mass is 32.2. The standard InChI is InChI=1S/C18H23N3O5S/c1-25-16-10-13(9-15(17(16)26-2)21-27(3,23)24)18(22)20-11-14(19)12-7-5-4-6-8-12/h4-10,14,21H,11,19H2,1-3H3,(H,20,22). The molecule has 0 aromatic heterocycles. The second-order valence-corrected chi connectivity index (χ2v) is 7.61. The number of nitrogens with two attached hydrogens (primary N) is 1. The van der Waals surface area contributed by atoms with Crippen LogP contribution in [0.15, 0.2) is 42.5 Å². The highest BCUT2D eigenvalue weighted by molar-refractivity contribution is 7.92. The third-order valence-corrected chi connectivity index (χ3v) is 4.34. The Morgan fingerprint density at radius 3 is 2.37 bits per heavy atom. The molecule has 0 bridgehead atoms. The zero-order valence-corrected chi connectivity index (χ0v) is 16.2. The van der Waals surface area contributed by atoms with E-state index >= 15 is 0 Å². The Kier molecular flexibility index (Phi) is 6.65. The number of ether oxygens (including phenoxy) is 2. The second-order valence-electron chi connectivity index (χ2n) is 5.86. The first-order valence-electron chi connectivity index (χ1n) is 8.07. The van der Waals surface area contributed by atoms with Crippen LogP contribution in [0.25, 0.3) is 0 Å². The maximum Gasteiger partial charge on any atom is 0.251 e. The summed E-state index contributed by atoms with van der Waals surface area (Å²) in [5, 5.41) is 2.74. The van der Waals surface area contributed by atoms with Crippen molar-refractivity contribution in [3.8, 4) is 11.5 Å². The van der Waals surface area contributed by atoms with Gasteiger partial charge in [0.2, 0.25) is 10.0 Å². The Hall–Kier alpha value is -2.78. The fourth-order valence-corrected chi connectivity index (χ4v) is 3.04. The maximum absolute atomic E-state index is 12.5. The summed E-state index contributed by atoms with van der Waals surface area (Å²) in [6.07, 6.45) is 1.00. The summed E-state index contributed by atoms with van der Waals surface area (Å²) in [7, 11) is -0.799. The number of carbonyl (C=O) groups is 1. The molecular weight excluding hydrogens is 370 g/mol. The number of rotatable bonds is 8. The summed E-state index contributed by atoms with van der Waals surface area (Å²) in [6, 6.07) is 11.9. The van der Waals surface area contributed by atoms with Gasteiger partial charge in [0.05, 0.1) is 26.2 Å². The molecule has 0 saturated heterocycles. The SMILES string of the molecule is COc1cc(C(=O)NCC(N)c2ccccc2)cc(NS(C)(=O)=O)c1OC. The Balaban J connectivity index is 2.23. The van der Waals surface area contributed by atoms with Gasteiger partial charge in [-0.2, -0.15) is 0 Å². The monoisotopic (exact) mass is 393 g/mol. The van der Waals surface area contributed by atoms with Crippen LogP contribution < -0.4 is 25.2 Å². The molecule has 8 nitrogen and oxygen atoms in total. The van der Waals surface area contributed by atoms with Crippen molar-refractivity contribution < 1.29 is 22.7 Å². The van der Waals surface area contributed by atoms with E-state index < -0.39 is 15.9 Å². The highest BCUT2D eigenvalue weighted by Gasteiger charge is 2.19. The van der Waals surface area contributed by atoms with Crippen LogP contribution in [0.4, 0.5) is 5.69 Å². The average Bonchev–Trinajstić information content (AvgIpc) is 2.64. The zero-order valence-electron chi connectivity index (χ0n) is 15.4. The molecule has 0 aliphatic rings. The summed E-state index contributed by atoms with van der Waals surface area (Å²) < 4.78 is 35.9. The van der Waals surface area contributed by atoms with Gasteiger partial charge >= 0.3 is 0 Å². The summed E-state index contributed by atoms with van der Waals surface area (Å²) in [5.74, 6) is -0.0111. The molecule has 27 heavy (non-hydrogen) atoms. The van der Waals surface area contributed by atoms with Gasteiger partial charge < -0.3 is 20.5 Å². The molecule has 0 saturated carbocycles. The number of hydrogen-bond acceptors (Lipinski definition) is 6. The molecule has 1 atom stereocenters. The third-order valence-electron chi connectivity index (χ3n) is 3.75. The van der Waals surface area contributed by atoms with E-state index in [-0.39, 0.29) is 35.3 Å². The summed E-state index contributed by atoms with van der Waals surface area (Å²) in [4.78, 5) is 12.5. The molecule has 0 fully saturated rings. The van der Waals surface area contributed by atoms with Gasteiger partial charge in [0.15, 0.2) is 11.5 Å². The first kappa shape index (κ1) is 20.5. The molecule has 146 valence electrons. The van der Waals surface area contributed by atoms with E-state index in [0.29, 0.717) is 0 Å². The van der Waals surface area contributed by atoms with Gasteiger partial charge in [0.1, 0.15) is 0 Å². The molecule has 2 rings (SSSR count). The third kappa shape index (κ3) is 5.60. The van der Waals surface area contributed by atoms with Crippen molar-refractivity contribution in [3.05, 3.63) is 53.6 Å². The lowest BCUT2D eigenvalue weighted by atomic mass is 10.1. The van der Waals surface area contributed by atoms with Crippen molar-refractivity contribution in [2.45, 2.75) is 6.04 Å². The maximum atomic E-state index is 12.5. The Morgan fingerprint density at radius 2 is 1.81 bits per heavy atom. The molecular formula is C18H23N3O5S. The number of methoxy groups -OCH3 is 2. The Morgan fingerprint density at radius 1 is 1.15 bits per heavy atom. The zero-order chi connectivity index (χ0) is 20.0. The number of amides is 1. The average molecular weight is 393 g/mol. The summed E-state index contributed by atoms with van der Waals surface area (Å²) in [5.41, 5.74) is 7.29. The lowest BCUT2D eigenvalue weighted by Gasteiger charge is -2.17. The van der Waals surface area contributed by atoms with Crippen molar-refractivity contribution in [2.75, 3.05) is 31.7 Å². The second kappa shape index (κ2) is 8.74. The van der Waals surface area contributed by atoms with Crippen LogP contribution in [-0.2, 0) is 10.0 Å². The quantitative estimate of drug-likeness (QED) is 0.625. The van der Waals surface area contributed by atoms with Gasteiger partial charge in [-0.3, -0.25) is 9.52 Å². The van der Waals surface area contributed by atoms with Crippen molar-refractivity contribution in [1.82, 2.24) is 5.32 Å². The van der Waals surface area contributed by atoms with Crippen LogP contribution >= 0.6 is 0 Å². The van der Waals surface area contributed by atoms with Crippen LogP contribution in [0.3, 0.4) is 0 Å². The Bertz CT molecular complexity index is 901. The van der Waals surface area contributed by atoms with Crippen molar-refractivity contribution in [1.29, 1.82) is 0 Å². The number of nitrogens with one attached hydrogen (secondary N) is 2. The lowest BCUT2D eigenvalue weighted by molar-refractivity contribution is 0.0951. The van der Waals surface area contributed by atoms with E-state index in [9.17, 15) is 13.2 Å². The van der Waals surface area contributed by atoms with E-state index in [1.165, 1.54) is 26.4 Å². The molecule has 9 heteroatoms. The van der Waals surface area contributed by atoms with E-state index in [2.05, 4.69) is 10.0 Å². The predicted molar refractivity (Wildman–Crippen MR) is 104 cm³/mol. The molecule has 0 aliphatic carbocycles. The van der Waals surface area contributed by atoms with E-state index in [1.807, 2.05) is 30.3 Å². The van der Waals surface area contributed by atoms with E-state index in [4.69, 9.17) is 15.2 Å². The van der Waals surface area contributed by atoms with Gasteiger partial charge in [-0.25, -0.2) is 8.42 Å². The summed E-state index contributed by atoms with van der Waals surface area (Å²) >= 11 is 0. The molecule has 0 aliphatic heterocycles. The lowest BCUT2D eigenvalue weighted by Crippen LogP contribution is -2.32. The topological polar surface area (TPSA) is 120 Å². The number of carbonyl (C=O) groups excluding carboxylic acids is 1. The van der Waals surface area contributed by atoms with E-state index in [0.717, 1.165) is 11.8 Å². The molecule has 0 heterocycles. The van der Waals surface area contributed by atoms with Gasteiger partial charge in [0, 0.05) is 18.2 Å². The van der Waals surface area contributed by atoms with Crippen molar-refractivity contribution in [3.63, 3.8) is 0 Å². The number of benzene rings is 2. The number of hydrogen-bond donors (Lipinski definition) is 3.